The van der Waals surface area contributed by atoms with Crippen LogP contribution in [0.25, 0.3) is 0 Å². The van der Waals surface area contributed by atoms with Crippen LogP contribution < -0.4 is 11.0 Å². The second kappa shape index (κ2) is 2.24. The molecular weight excluding hydrogens is 149 g/mol. The van der Waals surface area contributed by atoms with Gasteiger partial charge in [-0.15, -0.1) is 5.10 Å². The Balaban J connectivity index is 2.69. The lowest BCUT2D eigenvalue weighted by atomic mass is 10.6. The fourth-order valence-electron chi connectivity index (χ4n) is 0.308. The Labute approximate surface area is 56.3 Å². The van der Waals surface area contributed by atoms with Crippen molar-refractivity contribution in [1.29, 1.82) is 0 Å². The molecule has 0 aromatic rings. The van der Waals surface area contributed by atoms with Crippen molar-refractivity contribution in [2.45, 2.75) is 0 Å². The molecule has 5 heteroatoms. The standard InChI is InChI=1S/C3H3Cl2N3/c4-2-1-3(5)7-8-6-2/h1,6,8H. The zero-order valence-corrected chi connectivity index (χ0v) is 5.29. The van der Waals surface area contributed by atoms with E-state index in [1.165, 1.54) is 6.08 Å². The molecule has 0 atom stereocenters. The Morgan fingerprint density at radius 2 is 2.25 bits per heavy atom. The highest BCUT2D eigenvalue weighted by molar-refractivity contribution is 6.69. The lowest BCUT2D eigenvalue weighted by Crippen LogP contribution is -2.27. The van der Waals surface area contributed by atoms with E-state index in [-0.39, 0.29) is 0 Å². The smallest absolute Gasteiger partial charge is 0.153 e. The molecule has 1 aliphatic heterocycles. The van der Waals surface area contributed by atoms with E-state index in [4.69, 9.17) is 23.2 Å². The zero-order chi connectivity index (χ0) is 5.98. The molecule has 0 aromatic heterocycles. The van der Waals surface area contributed by atoms with Crippen LogP contribution in [0.15, 0.2) is 16.3 Å². The molecule has 44 valence electrons. The summed E-state index contributed by atoms with van der Waals surface area (Å²) < 4.78 is 0. The minimum absolute atomic E-state index is 0.341. The van der Waals surface area contributed by atoms with Gasteiger partial charge in [-0.2, -0.15) is 0 Å². The third-order valence-corrected chi connectivity index (χ3v) is 0.981. The molecule has 0 unspecified atom stereocenters. The number of hydrogen-bond donors (Lipinski definition) is 2. The second-order valence-corrected chi connectivity index (χ2v) is 1.96. The van der Waals surface area contributed by atoms with E-state index in [1.54, 1.807) is 0 Å². The van der Waals surface area contributed by atoms with Crippen LogP contribution in [-0.4, -0.2) is 5.17 Å². The summed E-state index contributed by atoms with van der Waals surface area (Å²) in [4.78, 5) is 0. The van der Waals surface area contributed by atoms with Crippen molar-refractivity contribution in [3.63, 3.8) is 0 Å². The first-order valence-electron chi connectivity index (χ1n) is 1.90. The Bertz CT molecular complexity index is 151. The number of allylic oxidation sites excluding steroid dienone is 1. The number of nitrogens with zero attached hydrogens (tertiary/aromatic N) is 1. The highest BCUT2D eigenvalue weighted by Crippen LogP contribution is 2.00. The largest absolute Gasteiger partial charge is 0.274 e. The SMILES string of the molecule is ClC1=CC(Cl)=NNN1. The normalized spacial score (nSPS) is 17.8. The Hall–Kier alpha value is -0.410. The monoisotopic (exact) mass is 151 g/mol. The molecule has 0 saturated carbocycles. The van der Waals surface area contributed by atoms with Gasteiger partial charge in [0.1, 0.15) is 5.16 Å². The van der Waals surface area contributed by atoms with Gasteiger partial charge in [0.2, 0.25) is 0 Å². The van der Waals surface area contributed by atoms with Crippen LogP contribution in [-0.2, 0) is 0 Å². The van der Waals surface area contributed by atoms with Gasteiger partial charge in [0, 0.05) is 6.08 Å². The molecule has 8 heavy (non-hydrogen) atoms. The lowest BCUT2D eigenvalue weighted by molar-refractivity contribution is 0.652. The van der Waals surface area contributed by atoms with Crippen LogP contribution in [0, 0.1) is 0 Å². The number of hydrazine groups is 1. The maximum absolute atomic E-state index is 5.43. The van der Waals surface area contributed by atoms with Crippen LogP contribution in [0.4, 0.5) is 0 Å². The number of nitrogens with one attached hydrogen (secondary N) is 2. The first kappa shape index (κ1) is 5.72. The highest BCUT2D eigenvalue weighted by atomic mass is 35.5. The highest BCUT2D eigenvalue weighted by Gasteiger charge is 1.97. The lowest BCUT2D eigenvalue weighted by Gasteiger charge is -2.06. The summed E-state index contributed by atoms with van der Waals surface area (Å²) in [5.41, 5.74) is 4.91. The average molecular weight is 152 g/mol. The van der Waals surface area contributed by atoms with Crippen LogP contribution in [0.5, 0.6) is 0 Å². The third kappa shape index (κ3) is 1.28. The number of rotatable bonds is 0. The molecule has 1 rings (SSSR count). The van der Waals surface area contributed by atoms with E-state index in [9.17, 15) is 0 Å². The summed E-state index contributed by atoms with van der Waals surface area (Å²) in [6.45, 7) is 0. The summed E-state index contributed by atoms with van der Waals surface area (Å²) >= 11 is 10.8. The third-order valence-electron chi connectivity index (χ3n) is 0.584. The van der Waals surface area contributed by atoms with Gasteiger partial charge in [-0.25, -0.2) is 5.53 Å². The summed E-state index contributed by atoms with van der Waals surface area (Å²) in [7, 11) is 0. The van der Waals surface area contributed by atoms with E-state index in [1.807, 2.05) is 0 Å². The quantitative estimate of drug-likeness (QED) is 0.502. The number of hydrogen-bond acceptors (Lipinski definition) is 3. The summed E-state index contributed by atoms with van der Waals surface area (Å²) in [5, 5.41) is 4.32. The van der Waals surface area contributed by atoms with E-state index in [2.05, 4.69) is 16.1 Å². The maximum Gasteiger partial charge on any atom is 0.153 e. The molecule has 0 spiro atoms. The van der Waals surface area contributed by atoms with Crippen molar-refractivity contribution < 1.29 is 0 Å². The molecular formula is C3H3Cl2N3. The molecule has 1 heterocycles. The number of hydrazone groups is 1. The first-order chi connectivity index (χ1) is 3.79. The van der Waals surface area contributed by atoms with E-state index >= 15 is 0 Å². The van der Waals surface area contributed by atoms with Crippen molar-refractivity contribution in [2.24, 2.45) is 5.10 Å². The van der Waals surface area contributed by atoms with Gasteiger partial charge in [0.05, 0.1) is 0 Å². The van der Waals surface area contributed by atoms with Gasteiger partial charge in [-0.3, -0.25) is 5.43 Å². The second-order valence-electron chi connectivity index (χ2n) is 1.16. The molecule has 0 fully saturated rings. The fraction of sp³-hybridized carbons (Fsp3) is 0. The van der Waals surface area contributed by atoms with Gasteiger partial charge < -0.3 is 0 Å². The molecule has 1 aliphatic rings. The predicted octanol–water partition coefficient (Wildman–Crippen LogP) is 0.727. The molecule has 0 bridgehead atoms. The van der Waals surface area contributed by atoms with Crippen molar-refractivity contribution >= 4 is 28.4 Å². The minimum atomic E-state index is 0.341. The van der Waals surface area contributed by atoms with Crippen molar-refractivity contribution in [3.8, 4) is 0 Å². The molecule has 0 aromatic carbocycles. The average Bonchev–Trinajstić information content (AvgIpc) is 1.64. The van der Waals surface area contributed by atoms with Crippen molar-refractivity contribution in [2.75, 3.05) is 0 Å². The van der Waals surface area contributed by atoms with E-state index in [0.29, 0.717) is 10.3 Å². The van der Waals surface area contributed by atoms with Crippen LogP contribution in [0.2, 0.25) is 0 Å². The van der Waals surface area contributed by atoms with Crippen LogP contribution in [0.1, 0.15) is 0 Å². The summed E-state index contributed by atoms with van der Waals surface area (Å²) in [6.07, 6.45) is 1.50. The summed E-state index contributed by atoms with van der Waals surface area (Å²) in [6, 6.07) is 0. The van der Waals surface area contributed by atoms with Gasteiger partial charge in [-0.05, 0) is 0 Å². The molecule has 0 saturated heterocycles. The first-order valence-corrected chi connectivity index (χ1v) is 2.66. The molecule has 2 N–H and O–H groups in total. The van der Waals surface area contributed by atoms with Gasteiger partial charge in [-0.1, -0.05) is 23.2 Å². The number of halogens is 2. The topological polar surface area (TPSA) is 36.4 Å². The maximum atomic E-state index is 5.43. The molecule has 0 radical (unpaired) electrons. The van der Waals surface area contributed by atoms with Crippen molar-refractivity contribution in [3.05, 3.63) is 11.2 Å². The van der Waals surface area contributed by atoms with Gasteiger partial charge >= 0.3 is 0 Å². The minimum Gasteiger partial charge on any atom is -0.274 e. The Morgan fingerprint density at radius 3 is 2.62 bits per heavy atom. The molecule has 3 nitrogen and oxygen atoms in total. The zero-order valence-electron chi connectivity index (χ0n) is 3.78. The molecule has 0 amide bonds. The summed E-state index contributed by atoms with van der Waals surface area (Å²) in [5.74, 6) is 0. The Morgan fingerprint density at radius 1 is 1.50 bits per heavy atom. The van der Waals surface area contributed by atoms with Gasteiger partial charge in [0.25, 0.3) is 0 Å². The van der Waals surface area contributed by atoms with Crippen molar-refractivity contribution in [1.82, 2.24) is 11.0 Å². The fourth-order valence-corrected chi connectivity index (χ4v) is 0.661. The van der Waals surface area contributed by atoms with E-state index in [0.717, 1.165) is 0 Å². The van der Waals surface area contributed by atoms with E-state index < -0.39 is 0 Å². The van der Waals surface area contributed by atoms with Crippen LogP contribution >= 0.6 is 23.2 Å². The Kier molecular flexibility index (Phi) is 1.60. The van der Waals surface area contributed by atoms with Crippen LogP contribution in [0.3, 0.4) is 0 Å². The molecule has 0 aliphatic carbocycles. The van der Waals surface area contributed by atoms with Gasteiger partial charge in [0.15, 0.2) is 5.17 Å². The predicted molar refractivity (Wildman–Crippen MR) is 33.5 cm³/mol.